The Hall–Kier alpha value is -2.02. The number of piperidine rings is 3. The monoisotopic (exact) mass is 306 g/mol. The van der Waals surface area contributed by atoms with Crippen LogP contribution in [0.15, 0.2) is 12.4 Å². The zero-order chi connectivity index (χ0) is 15.9. The van der Waals surface area contributed by atoms with Crippen molar-refractivity contribution in [2.24, 2.45) is 5.92 Å². The summed E-state index contributed by atoms with van der Waals surface area (Å²) in [6.45, 7) is 4.28. The van der Waals surface area contributed by atoms with Crippen LogP contribution in [0.3, 0.4) is 0 Å². The van der Waals surface area contributed by atoms with E-state index in [1.807, 2.05) is 6.92 Å². The molecule has 1 unspecified atom stereocenters. The van der Waals surface area contributed by atoms with Crippen LogP contribution in [0, 0.1) is 12.8 Å². The molecule has 7 heteroatoms. The third-order valence-electron chi connectivity index (χ3n) is 4.23. The minimum atomic E-state index is -0.250. The van der Waals surface area contributed by atoms with Crippen molar-refractivity contribution in [3.8, 4) is 0 Å². The number of aromatic nitrogens is 2. The van der Waals surface area contributed by atoms with Gasteiger partial charge in [0.2, 0.25) is 5.91 Å². The fourth-order valence-electron chi connectivity index (χ4n) is 3.04. The molecule has 0 saturated carbocycles. The molecule has 3 saturated heterocycles. The van der Waals surface area contributed by atoms with Crippen LogP contribution in [0.4, 0.5) is 0 Å². The average molecular weight is 306 g/mol. The van der Waals surface area contributed by atoms with Gasteiger partial charge in [-0.3, -0.25) is 24.5 Å². The molecule has 0 aliphatic carbocycles. The molecule has 3 aliphatic heterocycles. The van der Waals surface area contributed by atoms with E-state index >= 15 is 0 Å². The normalized spacial score (nSPS) is 25.8. The maximum atomic E-state index is 12.2. The summed E-state index contributed by atoms with van der Waals surface area (Å²) in [4.78, 5) is 31.3. The van der Waals surface area contributed by atoms with Gasteiger partial charge in [-0.15, -0.1) is 0 Å². The molecule has 0 aromatic carbocycles. The Kier molecular flexibility index (Phi) is 5.83. The minimum absolute atomic E-state index is 0.0749. The van der Waals surface area contributed by atoms with Gasteiger partial charge in [0.05, 0.1) is 30.2 Å². The molecule has 2 N–H and O–H groups in total. The van der Waals surface area contributed by atoms with Crippen LogP contribution >= 0.6 is 0 Å². The van der Waals surface area contributed by atoms with Crippen molar-refractivity contribution in [2.75, 3.05) is 13.1 Å². The Balaban J connectivity index is 0.000000545. The number of hydrogen-bond acceptors (Lipinski definition) is 5. The summed E-state index contributed by atoms with van der Waals surface area (Å²) >= 11 is 0. The highest BCUT2D eigenvalue weighted by molar-refractivity contribution is 5.81. The lowest BCUT2D eigenvalue weighted by Gasteiger charge is -2.44. The average Bonchev–Trinajstić information content (AvgIpc) is 2.56. The number of aryl methyl sites for hydroxylation is 1. The molecule has 1 aromatic rings. The Morgan fingerprint density at radius 3 is 2.59 bits per heavy atom. The Morgan fingerprint density at radius 2 is 2.09 bits per heavy atom. The van der Waals surface area contributed by atoms with E-state index in [1.165, 1.54) is 12.8 Å². The number of carboxylic acid groups (broad SMARTS) is 1. The Morgan fingerprint density at radius 1 is 1.41 bits per heavy atom. The first-order chi connectivity index (χ1) is 10.6. The molecule has 3 fully saturated rings. The highest BCUT2D eigenvalue weighted by Crippen LogP contribution is 2.31. The quantitative estimate of drug-likeness (QED) is 0.793. The lowest BCUT2D eigenvalue weighted by Crippen LogP contribution is -2.55. The van der Waals surface area contributed by atoms with E-state index in [9.17, 15) is 4.79 Å². The molecule has 1 amide bonds. The van der Waals surface area contributed by atoms with Gasteiger partial charge in [0, 0.05) is 6.20 Å². The van der Waals surface area contributed by atoms with E-state index in [0.717, 1.165) is 36.8 Å². The van der Waals surface area contributed by atoms with E-state index in [1.54, 1.807) is 12.4 Å². The number of rotatable bonds is 3. The van der Waals surface area contributed by atoms with Gasteiger partial charge in [-0.05, 0) is 45.2 Å². The van der Waals surface area contributed by atoms with Crippen molar-refractivity contribution < 1.29 is 14.7 Å². The summed E-state index contributed by atoms with van der Waals surface area (Å²) < 4.78 is 0. The van der Waals surface area contributed by atoms with Gasteiger partial charge in [-0.25, -0.2) is 0 Å². The van der Waals surface area contributed by atoms with E-state index in [4.69, 9.17) is 9.90 Å². The molecular formula is C15H22N4O3. The third-order valence-corrected chi connectivity index (χ3v) is 4.23. The van der Waals surface area contributed by atoms with Gasteiger partial charge in [-0.2, -0.15) is 0 Å². The van der Waals surface area contributed by atoms with Crippen LogP contribution < -0.4 is 5.32 Å². The first-order valence-electron chi connectivity index (χ1n) is 7.51. The van der Waals surface area contributed by atoms with Crippen LogP contribution in [0.1, 0.15) is 30.7 Å². The second-order valence-electron chi connectivity index (χ2n) is 5.70. The van der Waals surface area contributed by atoms with E-state index < -0.39 is 0 Å². The fourth-order valence-corrected chi connectivity index (χ4v) is 3.04. The molecule has 22 heavy (non-hydrogen) atoms. The van der Waals surface area contributed by atoms with Crippen LogP contribution in [-0.2, 0) is 16.1 Å². The fraction of sp³-hybridized carbons (Fsp3) is 0.600. The van der Waals surface area contributed by atoms with E-state index in [-0.39, 0.29) is 18.4 Å². The minimum Gasteiger partial charge on any atom is -0.483 e. The number of amides is 1. The van der Waals surface area contributed by atoms with Crippen LogP contribution in [-0.4, -0.2) is 51.5 Å². The number of fused-ring (bicyclic) bond motifs is 3. The van der Waals surface area contributed by atoms with Crippen LogP contribution in [0.5, 0.6) is 0 Å². The predicted octanol–water partition coefficient (Wildman–Crippen LogP) is 0.586. The van der Waals surface area contributed by atoms with Gasteiger partial charge >= 0.3 is 0 Å². The standard InChI is InChI=1S/C14H20N4O.CH2O2/c1-10-7-16-12(8-15-10)9-17-14(19)13-6-11-2-4-18(13)5-3-11;2-1-3/h7-8,11,13H,2-6,9H2,1H3,(H,17,19);1H,(H,2,3). The molecule has 4 rings (SSSR count). The molecule has 0 spiro atoms. The first kappa shape index (κ1) is 16.4. The summed E-state index contributed by atoms with van der Waals surface area (Å²) in [5, 5.41) is 9.88. The third kappa shape index (κ3) is 4.24. The molecule has 7 nitrogen and oxygen atoms in total. The van der Waals surface area contributed by atoms with Gasteiger partial charge in [0.25, 0.3) is 6.47 Å². The summed E-state index contributed by atoms with van der Waals surface area (Å²) in [5.41, 5.74) is 1.71. The number of carbonyl (C=O) groups is 2. The van der Waals surface area contributed by atoms with E-state index in [0.29, 0.717) is 6.54 Å². The molecular weight excluding hydrogens is 284 g/mol. The molecule has 3 aliphatic rings. The van der Waals surface area contributed by atoms with E-state index in [2.05, 4.69) is 20.2 Å². The molecule has 0 radical (unpaired) electrons. The van der Waals surface area contributed by atoms with Crippen LogP contribution in [0.2, 0.25) is 0 Å². The van der Waals surface area contributed by atoms with Gasteiger partial charge in [-0.1, -0.05) is 0 Å². The van der Waals surface area contributed by atoms with Crippen molar-refractivity contribution in [3.63, 3.8) is 0 Å². The smallest absolute Gasteiger partial charge is 0.290 e. The van der Waals surface area contributed by atoms with Crippen molar-refractivity contribution in [1.29, 1.82) is 0 Å². The molecule has 2 bridgehead atoms. The maximum absolute atomic E-state index is 12.2. The predicted molar refractivity (Wildman–Crippen MR) is 80.0 cm³/mol. The molecule has 4 heterocycles. The Labute approximate surface area is 129 Å². The summed E-state index contributed by atoms with van der Waals surface area (Å²) in [5.74, 6) is 0.895. The van der Waals surface area contributed by atoms with Gasteiger partial charge in [0.15, 0.2) is 0 Å². The number of hydrogen-bond donors (Lipinski definition) is 2. The zero-order valence-electron chi connectivity index (χ0n) is 12.7. The van der Waals surface area contributed by atoms with Crippen LogP contribution in [0.25, 0.3) is 0 Å². The highest BCUT2D eigenvalue weighted by atomic mass is 16.3. The molecule has 120 valence electrons. The maximum Gasteiger partial charge on any atom is 0.290 e. The number of carbonyl (C=O) groups excluding carboxylic acids is 1. The Bertz CT molecular complexity index is 498. The molecule has 1 atom stereocenters. The first-order valence-corrected chi connectivity index (χ1v) is 7.51. The zero-order valence-corrected chi connectivity index (χ0v) is 12.7. The number of nitrogens with one attached hydrogen (secondary N) is 1. The topological polar surface area (TPSA) is 95.4 Å². The van der Waals surface area contributed by atoms with Gasteiger partial charge in [0.1, 0.15) is 0 Å². The largest absolute Gasteiger partial charge is 0.483 e. The van der Waals surface area contributed by atoms with Crippen molar-refractivity contribution >= 4 is 12.4 Å². The van der Waals surface area contributed by atoms with Crippen molar-refractivity contribution in [1.82, 2.24) is 20.2 Å². The molecule has 1 aromatic heterocycles. The lowest BCUT2D eigenvalue weighted by atomic mass is 9.83. The second kappa shape index (κ2) is 7.84. The summed E-state index contributed by atoms with van der Waals surface area (Å²) in [6.07, 6.45) is 6.99. The number of nitrogens with zero attached hydrogens (tertiary/aromatic N) is 3. The highest BCUT2D eigenvalue weighted by Gasteiger charge is 2.37. The summed E-state index contributed by atoms with van der Waals surface area (Å²) in [6, 6.07) is 0.0749. The SMILES string of the molecule is Cc1cnc(CNC(=O)C2CC3CCN2CC3)cn1.O=CO. The van der Waals surface area contributed by atoms with Crippen molar-refractivity contribution in [2.45, 2.75) is 38.8 Å². The van der Waals surface area contributed by atoms with Crippen molar-refractivity contribution in [3.05, 3.63) is 23.8 Å². The lowest BCUT2D eigenvalue weighted by molar-refractivity contribution is -0.130. The summed E-state index contributed by atoms with van der Waals surface area (Å²) in [7, 11) is 0. The second-order valence-corrected chi connectivity index (χ2v) is 5.70. The van der Waals surface area contributed by atoms with Gasteiger partial charge < -0.3 is 10.4 Å².